The second kappa shape index (κ2) is 3.26. The Balaban J connectivity index is 2.98. The summed E-state index contributed by atoms with van der Waals surface area (Å²) in [5.74, 6) is -0.123. The van der Waals surface area contributed by atoms with E-state index in [1.165, 1.54) is 10.9 Å². The van der Waals surface area contributed by atoms with E-state index >= 15 is 0 Å². The fourth-order valence-electron chi connectivity index (χ4n) is 0.948. The molecule has 0 fully saturated rings. The van der Waals surface area contributed by atoms with E-state index in [1.54, 1.807) is 14.0 Å². The normalized spacial score (nSPS) is 15.4. The molecule has 5 heteroatoms. The molecule has 0 spiro atoms. The number of Topliss-reactive ketones (excluding diaryl/α,β-unsaturated/α-hetero) is 1. The molecule has 1 aromatic heterocycles. The van der Waals surface area contributed by atoms with Gasteiger partial charge in [0.15, 0.2) is 0 Å². The van der Waals surface area contributed by atoms with Crippen molar-refractivity contribution < 1.29 is 4.79 Å². The maximum atomic E-state index is 11.8. The van der Waals surface area contributed by atoms with Crippen LogP contribution in [0.25, 0.3) is 0 Å². The summed E-state index contributed by atoms with van der Waals surface area (Å²) in [5.41, 5.74) is 5.43. The number of carbonyl (C=O) groups excluding carboxylic acids is 1. The number of hydrogen-bond acceptors (Lipinski definition) is 4. The molecule has 0 aliphatic carbocycles. The first-order chi connectivity index (χ1) is 5.99. The SMILES string of the molecule is CCC(C)(N)C(=O)c1cnnn1C. The summed E-state index contributed by atoms with van der Waals surface area (Å²) in [7, 11) is 1.67. The van der Waals surface area contributed by atoms with Gasteiger partial charge in [0.25, 0.3) is 0 Å². The summed E-state index contributed by atoms with van der Waals surface area (Å²) in [6.45, 7) is 3.59. The number of nitrogens with zero attached hydrogens (tertiary/aromatic N) is 3. The monoisotopic (exact) mass is 182 g/mol. The molecule has 1 aromatic rings. The third-order valence-electron chi connectivity index (χ3n) is 2.20. The molecule has 1 heterocycles. The van der Waals surface area contributed by atoms with Crippen LogP contribution in [-0.2, 0) is 7.05 Å². The minimum atomic E-state index is -0.824. The fraction of sp³-hybridized carbons (Fsp3) is 0.625. The lowest BCUT2D eigenvalue weighted by molar-refractivity contribution is 0.0888. The third kappa shape index (κ3) is 1.75. The average Bonchev–Trinajstić information content (AvgIpc) is 2.50. The van der Waals surface area contributed by atoms with Gasteiger partial charge in [0.1, 0.15) is 5.69 Å². The topological polar surface area (TPSA) is 73.8 Å². The van der Waals surface area contributed by atoms with E-state index in [2.05, 4.69) is 10.3 Å². The molecular formula is C8H14N4O. The molecule has 2 N–H and O–H groups in total. The number of nitrogens with two attached hydrogens (primary N) is 1. The molecule has 1 unspecified atom stereocenters. The van der Waals surface area contributed by atoms with Crippen LogP contribution in [0, 0.1) is 0 Å². The van der Waals surface area contributed by atoms with Crippen molar-refractivity contribution in [2.75, 3.05) is 0 Å². The van der Waals surface area contributed by atoms with Crippen molar-refractivity contribution in [2.24, 2.45) is 12.8 Å². The van der Waals surface area contributed by atoms with Gasteiger partial charge < -0.3 is 5.73 Å². The van der Waals surface area contributed by atoms with Gasteiger partial charge in [0, 0.05) is 7.05 Å². The van der Waals surface area contributed by atoms with Crippen LogP contribution in [-0.4, -0.2) is 26.3 Å². The van der Waals surface area contributed by atoms with Gasteiger partial charge in [-0.15, -0.1) is 5.10 Å². The number of aromatic nitrogens is 3. The van der Waals surface area contributed by atoms with Crippen LogP contribution in [0.5, 0.6) is 0 Å². The van der Waals surface area contributed by atoms with Crippen molar-refractivity contribution in [2.45, 2.75) is 25.8 Å². The van der Waals surface area contributed by atoms with Crippen LogP contribution < -0.4 is 5.73 Å². The van der Waals surface area contributed by atoms with E-state index in [0.717, 1.165) is 0 Å². The zero-order chi connectivity index (χ0) is 10.1. The molecule has 0 saturated carbocycles. The molecule has 0 aromatic carbocycles. The molecule has 0 radical (unpaired) electrons. The number of aryl methyl sites for hydroxylation is 1. The van der Waals surface area contributed by atoms with Crippen molar-refractivity contribution in [1.29, 1.82) is 0 Å². The Morgan fingerprint density at radius 1 is 1.77 bits per heavy atom. The first-order valence-corrected chi connectivity index (χ1v) is 4.17. The smallest absolute Gasteiger partial charge is 0.201 e. The van der Waals surface area contributed by atoms with E-state index < -0.39 is 5.54 Å². The Hall–Kier alpha value is -1.23. The standard InChI is InChI=1S/C8H14N4O/c1-4-8(2,9)7(13)6-5-10-11-12(6)3/h5H,4,9H2,1-3H3. The van der Waals surface area contributed by atoms with E-state index in [4.69, 9.17) is 5.73 Å². The van der Waals surface area contributed by atoms with Gasteiger partial charge in [-0.05, 0) is 13.3 Å². The number of hydrogen-bond donors (Lipinski definition) is 1. The highest BCUT2D eigenvalue weighted by Gasteiger charge is 2.29. The maximum Gasteiger partial charge on any atom is 0.201 e. The summed E-state index contributed by atoms with van der Waals surface area (Å²) < 4.78 is 1.43. The largest absolute Gasteiger partial charge is 0.319 e. The van der Waals surface area contributed by atoms with E-state index in [1.807, 2.05) is 6.92 Å². The van der Waals surface area contributed by atoms with Gasteiger partial charge in [-0.1, -0.05) is 12.1 Å². The van der Waals surface area contributed by atoms with Gasteiger partial charge in [-0.25, -0.2) is 4.68 Å². The Labute approximate surface area is 76.9 Å². The molecule has 0 aliphatic rings. The summed E-state index contributed by atoms with van der Waals surface area (Å²) in [5, 5.41) is 7.30. The third-order valence-corrected chi connectivity index (χ3v) is 2.20. The van der Waals surface area contributed by atoms with Crippen molar-refractivity contribution >= 4 is 5.78 Å². The number of rotatable bonds is 3. The molecule has 0 aliphatic heterocycles. The van der Waals surface area contributed by atoms with Crippen molar-refractivity contribution in [3.63, 3.8) is 0 Å². The highest BCUT2D eigenvalue weighted by atomic mass is 16.1. The number of carbonyl (C=O) groups is 1. The number of ketones is 1. The van der Waals surface area contributed by atoms with Crippen LogP contribution in [0.3, 0.4) is 0 Å². The van der Waals surface area contributed by atoms with Gasteiger partial charge in [0.05, 0.1) is 11.7 Å². The van der Waals surface area contributed by atoms with Crippen molar-refractivity contribution in [3.8, 4) is 0 Å². The first-order valence-electron chi connectivity index (χ1n) is 4.17. The molecule has 0 amide bonds. The van der Waals surface area contributed by atoms with E-state index in [9.17, 15) is 4.79 Å². The summed E-state index contributed by atoms with van der Waals surface area (Å²) in [6, 6.07) is 0. The quantitative estimate of drug-likeness (QED) is 0.674. The second-order valence-electron chi connectivity index (χ2n) is 3.34. The lowest BCUT2D eigenvalue weighted by atomic mass is 9.93. The fourth-order valence-corrected chi connectivity index (χ4v) is 0.948. The Kier molecular flexibility index (Phi) is 2.47. The van der Waals surface area contributed by atoms with E-state index in [-0.39, 0.29) is 5.78 Å². The van der Waals surface area contributed by atoms with Crippen LogP contribution in [0.2, 0.25) is 0 Å². The Morgan fingerprint density at radius 2 is 2.38 bits per heavy atom. The molecule has 1 atom stereocenters. The van der Waals surface area contributed by atoms with Gasteiger partial charge in [-0.2, -0.15) is 0 Å². The summed E-state index contributed by atoms with van der Waals surface area (Å²) in [4.78, 5) is 11.8. The van der Waals surface area contributed by atoms with Gasteiger partial charge in [-0.3, -0.25) is 4.79 Å². The summed E-state index contributed by atoms with van der Waals surface area (Å²) in [6.07, 6.45) is 2.03. The van der Waals surface area contributed by atoms with Crippen LogP contribution in [0.1, 0.15) is 30.8 Å². The molecule has 0 bridgehead atoms. The van der Waals surface area contributed by atoms with E-state index in [0.29, 0.717) is 12.1 Å². The van der Waals surface area contributed by atoms with Crippen molar-refractivity contribution in [3.05, 3.63) is 11.9 Å². The van der Waals surface area contributed by atoms with Crippen LogP contribution in [0.4, 0.5) is 0 Å². The molecule has 13 heavy (non-hydrogen) atoms. The van der Waals surface area contributed by atoms with Crippen LogP contribution in [0.15, 0.2) is 6.20 Å². The van der Waals surface area contributed by atoms with Crippen LogP contribution >= 0.6 is 0 Å². The molecule has 72 valence electrons. The zero-order valence-corrected chi connectivity index (χ0v) is 8.11. The predicted octanol–water partition coefficient (Wildman–Crippen LogP) is 0.125. The summed E-state index contributed by atoms with van der Waals surface area (Å²) >= 11 is 0. The second-order valence-corrected chi connectivity index (χ2v) is 3.34. The lowest BCUT2D eigenvalue weighted by Crippen LogP contribution is -2.44. The minimum Gasteiger partial charge on any atom is -0.319 e. The predicted molar refractivity (Wildman–Crippen MR) is 48.2 cm³/mol. The molecule has 1 rings (SSSR count). The lowest BCUT2D eigenvalue weighted by Gasteiger charge is -2.19. The molecule has 0 saturated heterocycles. The molecule has 5 nitrogen and oxygen atoms in total. The molecular weight excluding hydrogens is 168 g/mol. The highest BCUT2D eigenvalue weighted by Crippen LogP contribution is 2.12. The van der Waals surface area contributed by atoms with Crippen molar-refractivity contribution in [1.82, 2.24) is 15.0 Å². The zero-order valence-electron chi connectivity index (χ0n) is 8.11. The minimum absolute atomic E-state index is 0.123. The maximum absolute atomic E-state index is 11.8. The Bertz CT molecular complexity index is 316. The Morgan fingerprint density at radius 3 is 2.77 bits per heavy atom. The average molecular weight is 182 g/mol. The van der Waals surface area contributed by atoms with Gasteiger partial charge in [0.2, 0.25) is 5.78 Å². The first kappa shape index (κ1) is 9.85. The van der Waals surface area contributed by atoms with Gasteiger partial charge >= 0.3 is 0 Å². The highest BCUT2D eigenvalue weighted by molar-refractivity contribution is 6.01.